The Morgan fingerprint density at radius 2 is 2.39 bits per heavy atom. The number of nitrogens with one attached hydrogen (secondary N) is 1. The number of aliphatic hydroxyl groups is 1. The molecule has 0 unspecified atom stereocenters. The van der Waals surface area contributed by atoms with Gasteiger partial charge >= 0.3 is 0 Å². The zero-order chi connectivity index (χ0) is 13.1. The molecule has 1 aliphatic heterocycles. The van der Waals surface area contributed by atoms with E-state index in [1.807, 2.05) is 30.0 Å². The fourth-order valence-electron chi connectivity index (χ4n) is 2.12. The minimum absolute atomic E-state index is 0.0328. The number of β-amino-alcohol motifs (C(OH)–C–C–N with tert-alkyl or cyclic N) is 1. The minimum Gasteiger partial charge on any atom is -0.392 e. The van der Waals surface area contributed by atoms with Crippen LogP contribution in [0.3, 0.4) is 0 Å². The van der Waals surface area contributed by atoms with Crippen LogP contribution < -0.4 is 5.32 Å². The topological polar surface area (TPSA) is 52.6 Å². The van der Waals surface area contributed by atoms with Crippen LogP contribution in [0.2, 0.25) is 0 Å². The summed E-state index contributed by atoms with van der Waals surface area (Å²) in [4.78, 5) is 13.8. The summed E-state index contributed by atoms with van der Waals surface area (Å²) in [6.45, 7) is 3.67. The van der Waals surface area contributed by atoms with E-state index < -0.39 is 0 Å². The van der Waals surface area contributed by atoms with Gasteiger partial charge in [-0.3, -0.25) is 9.69 Å². The fraction of sp³-hybridized carbons (Fsp3) is 0.462. The van der Waals surface area contributed by atoms with Gasteiger partial charge in [0.1, 0.15) is 0 Å². The number of aryl methyl sites for hydroxylation is 1. The molecule has 2 rings (SSSR count). The zero-order valence-electron chi connectivity index (χ0n) is 10.3. The summed E-state index contributed by atoms with van der Waals surface area (Å²) in [5.41, 5.74) is 1.86. The summed E-state index contributed by atoms with van der Waals surface area (Å²) < 4.78 is 1.00. The van der Waals surface area contributed by atoms with E-state index in [4.69, 9.17) is 0 Å². The van der Waals surface area contributed by atoms with Gasteiger partial charge in [-0.15, -0.1) is 0 Å². The molecule has 0 aromatic heterocycles. The normalized spacial score (nSPS) is 20.1. The molecule has 1 heterocycles. The van der Waals surface area contributed by atoms with E-state index in [1.165, 1.54) is 0 Å². The highest BCUT2D eigenvalue weighted by Crippen LogP contribution is 2.20. The Hall–Kier alpha value is -0.910. The van der Waals surface area contributed by atoms with Crippen LogP contribution in [-0.2, 0) is 4.79 Å². The number of halogens is 1. The molecule has 1 aromatic carbocycles. The number of hydrogen-bond donors (Lipinski definition) is 2. The highest BCUT2D eigenvalue weighted by Gasteiger charge is 2.22. The van der Waals surface area contributed by atoms with Crippen LogP contribution in [0.25, 0.3) is 0 Å². The molecule has 5 heteroatoms. The third-order valence-electron chi connectivity index (χ3n) is 3.08. The highest BCUT2D eigenvalue weighted by atomic mass is 79.9. The lowest BCUT2D eigenvalue weighted by Crippen LogP contribution is -2.32. The number of hydrogen-bond acceptors (Lipinski definition) is 3. The number of amides is 1. The van der Waals surface area contributed by atoms with Gasteiger partial charge in [0.2, 0.25) is 5.91 Å². The van der Waals surface area contributed by atoms with Crippen molar-refractivity contribution in [2.45, 2.75) is 19.4 Å². The monoisotopic (exact) mass is 312 g/mol. The van der Waals surface area contributed by atoms with Crippen LogP contribution in [0.5, 0.6) is 0 Å². The Balaban J connectivity index is 1.91. The third-order valence-corrected chi connectivity index (χ3v) is 3.57. The first kappa shape index (κ1) is 13.5. The molecule has 18 heavy (non-hydrogen) atoms. The number of likely N-dealkylation sites (tertiary alicyclic amines) is 1. The molecule has 2 N–H and O–H groups in total. The molecule has 1 saturated heterocycles. The van der Waals surface area contributed by atoms with Gasteiger partial charge in [-0.2, -0.15) is 0 Å². The maximum atomic E-state index is 11.9. The van der Waals surface area contributed by atoms with Gasteiger partial charge in [-0.25, -0.2) is 0 Å². The van der Waals surface area contributed by atoms with Crippen molar-refractivity contribution in [3.63, 3.8) is 0 Å². The molecule has 0 bridgehead atoms. The number of anilines is 1. The predicted octanol–water partition coefficient (Wildman–Crippen LogP) is 1.76. The van der Waals surface area contributed by atoms with Crippen LogP contribution >= 0.6 is 15.9 Å². The molecule has 0 spiro atoms. The maximum Gasteiger partial charge on any atom is 0.238 e. The molecular weight excluding hydrogens is 296 g/mol. The zero-order valence-corrected chi connectivity index (χ0v) is 11.9. The highest BCUT2D eigenvalue weighted by molar-refractivity contribution is 9.10. The number of nitrogens with zero attached hydrogens (tertiary/aromatic N) is 1. The fourth-order valence-corrected chi connectivity index (χ4v) is 2.59. The Morgan fingerprint density at radius 1 is 1.61 bits per heavy atom. The molecule has 1 aromatic rings. The average molecular weight is 313 g/mol. The van der Waals surface area contributed by atoms with Crippen molar-refractivity contribution >= 4 is 27.5 Å². The van der Waals surface area contributed by atoms with Gasteiger partial charge in [0.25, 0.3) is 0 Å². The molecule has 0 saturated carbocycles. The number of carbonyl (C=O) groups excluding carboxylic acids is 1. The Labute approximate surface area is 115 Å². The van der Waals surface area contributed by atoms with Crippen molar-refractivity contribution in [2.24, 2.45) is 0 Å². The van der Waals surface area contributed by atoms with Gasteiger partial charge in [-0.1, -0.05) is 15.9 Å². The Morgan fingerprint density at radius 3 is 3.00 bits per heavy atom. The van der Waals surface area contributed by atoms with Crippen LogP contribution in [0.4, 0.5) is 5.69 Å². The van der Waals surface area contributed by atoms with Crippen LogP contribution in [0, 0.1) is 6.92 Å². The lowest BCUT2D eigenvalue weighted by Gasteiger charge is -2.15. The second-order valence-electron chi connectivity index (χ2n) is 4.69. The minimum atomic E-state index is -0.285. The summed E-state index contributed by atoms with van der Waals surface area (Å²) in [5, 5.41) is 12.3. The van der Waals surface area contributed by atoms with Crippen molar-refractivity contribution in [1.29, 1.82) is 0 Å². The van der Waals surface area contributed by atoms with Crippen molar-refractivity contribution in [3.8, 4) is 0 Å². The smallest absolute Gasteiger partial charge is 0.238 e. The van der Waals surface area contributed by atoms with Gasteiger partial charge in [0, 0.05) is 23.2 Å². The summed E-state index contributed by atoms with van der Waals surface area (Å²) >= 11 is 3.39. The van der Waals surface area contributed by atoms with Gasteiger partial charge in [0.05, 0.1) is 12.6 Å². The Kier molecular flexibility index (Phi) is 4.37. The first-order valence-corrected chi connectivity index (χ1v) is 6.80. The summed E-state index contributed by atoms with van der Waals surface area (Å²) in [5.74, 6) is -0.0328. The molecule has 4 nitrogen and oxygen atoms in total. The summed E-state index contributed by atoms with van der Waals surface area (Å²) in [6, 6.07) is 5.76. The summed E-state index contributed by atoms with van der Waals surface area (Å²) in [7, 11) is 0. The molecular formula is C13H17BrN2O2. The lowest BCUT2D eigenvalue weighted by atomic mass is 10.2. The molecule has 1 fully saturated rings. The van der Waals surface area contributed by atoms with Crippen LogP contribution in [0.15, 0.2) is 22.7 Å². The Bertz CT molecular complexity index is 451. The second-order valence-corrected chi connectivity index (χ2v) is 5.60. The molecule has 1 atom stereocenters. The first-order valence-electron chi connectivity index (χ1n) is 6.01. The first-order chi connectivity index (χ1) is 8.54. The van der Waals surface area contributed by atoms with E-state index in [0.717, 1.165) is 28.7 Å². The predicted molar refractivity (Wildman–Crippen MR) is 74.6 cm³/mol. The van der Waals surface area contributed by atoms with Crippen molar-refractivity contribution in [3.05, 3.63) is 28.2 Å². The van der Waals surface area contributed by atoms with Gasteiger partial charge in [0.15, 0.2) is 0 Å². The van der Waals surface area contributed by atoms with E-state index in [2.05, 4.69) is 21.2 Å². The van der Waals surface area contributed by atoms with Crippen LogP contribution in [-0.4, -0.2) is 41.7 Å². The van der Waals surface area contributed by atoms with E-state index in [-0.39, 0.29) is 12.0 Å². The maximum absolute atomic E-state index is 11.9. The molecule has 98 valence electrons. The van der Waals surface area contributed by atoms with Crippen molar-refractivity contribution < 1.29 is 9.90 Å². The van der Waals surface area contributed by atoms with E-state index in [0.29, 0.717) is 13.1 Å². The van der Waals surface area contributed by atoms with Gasteiger partial charge in [-0.05, 0) is 37.1 Å². The largest absolute Gasteiger partial charge is 0.392 e. The average Bonchev–Trinajstić information content (AvgIpc) is 2.68. The number of rotatable bonds is 3. The molecule has 0 aliphatic carbocycles. The van der Waals surface area contributed by atoms with Crippen molar-refractivity contribution in [1.82, 2.24) is 4.90 Å². The van der Waals surface area contributed by atoms with Crippen LogP contribution in [0.1, 0.15) is 12.0 Å². The molecule has 0 radical (unpaired) electrons. The summed E-state index contributed by atoms with van der Waals surface area (Å²) in [6.07, 6.45) is 0.470. The number of benzene rings is 1. The van der Waals surface area contributed by atoms with E-state index in [9.17, 15) is 9.90 Å². The SMILES string of the molecule is Cc1cc(Br)ccc1NC(=O)CN1CC[C@H](O)C1. The van der Waals surface area contributed by atoms with Gasteiger partial charge < -0.3 is 10.4 Å². The van der Waals surface area contributed by atoms with E-state index in [1.54, 1.807) is 0 Å². The lowest BCUT2D eigenvalue weighted by molar-refractivity contribution is -0.117. The number of aliphatic hydroxyl groups excluding tert-OH is 1. The van der Waals surface area contributed by atoms with E-state index >= 15 is 0 Å². The second kappa shape index (κ2) is 5.82. The quantitative estimate of drug-likeness (QED) is 0.894. The number of carbonyl (C=O) groups is 1. The molecule has 1 aliphatic rings. The molecule has 1 amide bonds. The third kappa shape index (κ3) is 3.54. The standard InChI is InChI=1S/C13H17BrN2O2/c1-9-6-10(14)2-3-12(9)15-13(18)8-16-5-4-11(17)7-16/h2-3,6,11,17H,4-5,7-8H2,1H3,(H,15,18)/t11-/m0/s1. The van der Waals surface area contributed by atoms with Crippen molar-refractivity contribution in [2.75, 3.05) is 25.0 Å².